The highest BCUT2D eigenvalue weighted by Crippen LogP contribution is 2.12. The molecule has 2 heterocycles. The second-order valence-corrected chi connectivity index (χ2v) is 5.55. The molecule has 0 bridgehead atoms. The van der Waals surface area contributed by atoms with E-state index in [2.05, 4.69) is 25.5 Å². The third kappa shape index (κ3) is 5.78. The van der Waals surface area contributed by atoms with E-state index in [1.54, 1.807) is 0 Å². The van der Waals surface area contributed by atoms with Crippen LogP contribution in [-0.4, -0.2) is 53.1 Å². The average molecular weight is 328 g/mol. The van der Waals surface area contributed by atoms with Crippen LogP contribution in [0.1, 0.15) is 38.6 Å². The monoisotopic (exact) mass is 328 g/mol. The van der Waals surface area contributed by atoms with Crippen molar-refractivity contribution in [2.75, 3.05) is 32.7 Å². The zero-order valence-electron chi connectivity index (χ0n) is 13.6. The summed E-state index contributed by atoms with van der Waals surface area (Å²) in [5.74, 6) is 0.890. The van der Waals surface area contributed by atoms with Crippen molar-refractivity contribution in [2.24, 2.45) is 4.99 Å². The summed E-state index contributed by atoms with van der Waals surface area (Å²) in [6.45, 7) is 4.29. The van der Waals surface area contributed by atoms with Crippen molar-refractivity contribution in [2.45, 2.75) is 39.3 Å². The van der Waals surface area contributed by atoms with Gasteiger partial charge in [-0.15, -0.1) is 0 Å². The van der Waals surface area contributed by atoms with Crippen LogP contribution < -0.4 is 10.6 Å². The number of piperidine rings is 1. The number of nitrogens with zero attached hydrogens (tertiary/aromatic N) is 4. The Balaban J connectivity index is 1.82. The van der Waals surface area contributed by atoms with E-state index >= 15 is 0 Å². The van der Waals surface area contributed by atoms with Crippen molar-refractivity contribution in [3.8, 4) is 0 Å². The number of guanidine groups is 1. The fourth-order valence-electron chi connectivity index (χ4n) is 2.65. The van der Waals surface area contributed by atoms with Gasteiger partial charge in [0.1, 0.15) is 12.4 Å². The smallest absolute Gasteiger partial charge is 0.319 e. The Morgan fingerprint density at radius 3 is 2.78 bits per heavy atom. The zero-order chi connectivity index (χ0) is 16.5. The maximum Gasteiger partial charge on any atom is 0.319 e. The molecule has 8 heteroatoms. The lowest BCUT2D eigenvalue weighted by molar-refractivity contribution is 0.0671. The number of aliphatic imine (C=N–C) groups is 1. The molecular weight excluding hydrogens is 302 g/mol. The van der Waals surface area contributed by atoms with Gasteiger partial charge in [0.05, 0.1) is 0 Å². The van der Waals surface area contributed by atoms with Crippen LogP contribution in [0, 0.1) is 0 Å². The summed E-state index contributed by atoms with van der Waals surface area (Å²) in [5.41, 5.74) is 0. The largest absolute Gasteiger partial charge is 0.357 e. The van der Waals surface area contributed by atoms with Gasteiger partial charge in [0.15, 0.2) is 5.96 Å². The standard InChI is InChI=1S/C15H26F2N6/c1-2-18-15(20-6-10-22-8-4-3-5-9-22)21-12-13-19-7-11-23(13)14(16)17/h7,11,14H,2-6,8-10,12H2,1H3,(H2,18,20,21). The Hall–Kier alpha value is -1.70. The zero-order valence-corrected chi connectivity index (χ0v) is 13.6. The lowest BCUT2D eigenvalue weighted by atomic mass is 10.1. The Labute approximate surface area is 136 Å². The third-order valence-corrected chi connectivity index (χ3v) is 3.85. The van der Waals surface area contributed by atoms with Crippen LogP contribution in [0.15, 0.2) is 17.4 Å². The molecule has 2 rings (SSSR count). The maximum absolute atomic E-state index is 12.8. The van der Waals surface area contributed by atoms with E-state index in [0.717, 1.165) is 37.3 Å². The van der Waals surface area contributed by atoms with Gasteiger partial charge in [0.2, 0.25) is 0 Å². The van der Waals surface area contributed by atoms with Gasteiger partial charge in [-0.3, -0.25) is 4.57 Å². The first kappa shape index (κ1) is 17.7. The van der Waals surface area contributed by atoms with E-state index in [1.165, 1.54) is 31.7 Å². The van der Waals surface area contributed by atoms with Crippen LogP contribution in [0.4, 0.5) is 8.78 Å². The molecule has 0 radical (unpaired) electrons. The highest BCUT2D eigenvalue weighted by atomic mass is 19.3. The number of hydrogen-bond donors (Lipinski definition) is 2. The average Bonchev–Trinajstić information content (AvgIpc) is 3.02. The van der Waals surface area contributed by atoms with Crippen molar-refractivity contribution in [3.63, 3.8) is 0 Å². The number of hydrogen-bond acceptors (Lipinski definition) is 3. The van der Waals surface area contributed by atoms with Crippen LogP contribution >= 0.6 is 0 Å². The van der Waals surface area contributed by atoms with Gasteiger partial charge in [0.25, 0.3) is 0 Å². The molecule has 1 aromatic heterocycles. The molecule has 0 amide bonds. The fraction of sp³-hybridized carbons (Fsp3) is 0.733. The van der Waals surface area contributed by atoms with Crippen LogP contribution in [0.25, 0.3) is 0 Å². The SMILES string of the molecule is CCNC(=NCc1nccn1C(F)F)NCCN1CCCCC1. The van der Waals surface area contributed by atoms with Gasteiger partial charge in [-0.2, -0.15) is 8.78 Å². The molecule has 1 aliphatic rings. The number of alkyl halides is 2. The van der Waals surface area contributed by atoms with Gasteiger partial charge in [-0.1, -0.05) is 6.42 Å². The Bertz CT molecular complexity index is 482. The molecule has 0 atom stereocenters. The fourth-order valence-corrected chi connectivity index (χ4v) is 2.65. The minimum Gasteiger partial charge on any atom is -0.357 e. The summed E-state index contributed by atoms with van der Waals surface area (Å²) in [7, 11) is 0. The quantitative estimate of drug-likeness (QED) is 0.592. The number of halogens is 2. The highest BCUT2D eigenvalue weighted by molar-refractivity contribution is 5.79. The lowest BCUT2D eigenvalue weighted by Crippen LogP contribution is -2.42. The van der Waals surface area contributed by atoms with Crippen molar-refractivity contribution in [1.82, 2.24) is 25.1 Å². The number of imidazole rings is 1. The first-order valence-electron chi connectivity index (χ1n) is 8.25. The number of aromatic nitrogens is 2. The van der Waals surface area contributed by atoms with Crippen LogP contribution in [0.3, 0.4) is 0 Å². The predicted octanol–water partition coefficient (Wildman–Crippen LogP) is 1.82. The number of rotatable bonds is 7. The van der Waals surface area contributed by atoms with E-state index in [-0.39, 0.29) is 12.4 Å². The summed E-state index contributed by atoms with van der Waals surface area (Å²) in [5, 5.41) is 6.38. The molecule has 1 aromatic rings. The van der Waals surface area contributed by atoms with E-state index in [4.69, 9.17) is 0 Å². The minimum atomic E-state index is -2.59. The first-order chi connectivity index (χ1) is 11.2. The molecule has 130 valence electrons. The Morgan fingerprint density at radius 1 is 1.30 bits per heavy atom. The van der Waals surface area contributed by atoms with E-state index in [9.17, 15) is 8.78 Å². The van der Waals surface area contributed by atoms with Crippen LogP contribution in [-0.2, 0) is 6.54 Å². The highest BCUT2D eigenvalue weighted by Gasteiger charge is 2.11. The molecule has 1 saturated heterocycles. The van der Waals surface area contributed by atoms with Crippen molar-refractivity contribution < 1.29 is 8.78 Å². The van der Waals surface area contributed by atoms with Gasteiger partial charge in [-0.25, -0.2) is 9.98 Å². The van der Waals surface area contributed by atoms with Gasteiger partial charge >= 0.3 is 6.55 Å². The van der Waals surface area contributed by atoms with Crippen molar-refractivity contribution >= 4 is 5.96 Å². The van der Waals surface area contributed by atoms with Gasteiger partial charge in [-0.05, 0) is 32.9 Å². The van der Waals surface area contributed by atoms with E-state index in [0.29, 0.717) is 5.96 Å². The maximum atomic E-state index is 12.8. The molecule has 0 unspecified atom stereocenters. The second kappa shape index (κ2) is 9.44. The summed E-state index contributed by atoms with van der Waals surface area (Å²) in [4.78, 5) is 10.7. The van der Waals surface area contributed by atoms with Gasteiger partial charge < -0.3 is 15.5 Å². The molecule has 0 spiro atoms. The topological polar surface area (TPSA) is 57.5 Å². The molecular formula is C15H26F2N6. The summed E-state index contributed by atoms with van der Waals surface area (Å²) in [6, 6.07) is 0. The molecule has 1 aliphatic heterocycles. The van der Waals surface area contributed by atoms with Crippen molar-refractivity contribution in [3.05, 3.63) is 18.2 Å². The molecule has 0 saturated carbocycles. The number of likely N-dealkylation sites (tertiary alicyclic amines) is 1. The molecule has 2 N–H and O–H groups in total. The summed E-state index contributed by atoms with van der Waals surface area (Å²) in [6.07, 6.45) is 6.50. The van der Waals surface area contributed by atoms with Gasteiger partial charge in [0, 0.05) is 32.0 Å². The molecule has 1 fully saturated rings. The second-order valence-electron chi connectivity index (χ2n) is 5.55. The molecule has 23 heavy (non-hydrogen) atoms. The number of nitrogens with one attached hydrogen (secondary N) is 2. The van der Waals surface area contributed by atoms with Crippen molar-refractivity contribution in [1.29, 1.82) is 0 Å². The van der Waals surface area contributed by atoms with Crippen LogP contribution in [0.5, 0.6) is 0 Å². The third-order valence-electron chi connectivity index (χ3n) is 3.85. The minimum absolute atomic E-state index is 0.121. The Morgan fingerprint density at radius 2 is 2.09 bits per heavy atom. The molecule has 0 aliphatic carbocycles. The molecule has 6 nitrogen and oxygen atoms in total. The van der Waals surface area contributed by atoms with Crippen LogP contribution in [0.2, 0.25) is 0 Å². The predicted molar refractivity (Wildman–Crippen MR) is 86.6 cm³/mol. The summed E-state index contributed by atoms with van der Waals surface area (Å²) < 4.78 is 26.4. The van der Waals surface area contributed by atoms with E-state index < -0.39 is 6.55 Å². The normalized spacial score (nSPS) is 16.8. The lowest BCUT2D eigenvalue weighted by Gasteiger charge is -2.26. The first-order valence-corrected chi connectivity index (χ1v) is 8.25. The molecule has 0 aromatic carbocycles. The van der Waals surface area contributed by atoms with E-state index in [1.807, 2.05) is 6.92 Å². The Kier molecular flexibility index (Phi) is 7.25. The summed E-state index contributed by atoms with van der Waals surface area (Å²) >= 11 is 0.